The van der Waals surface area contributed by atoms with Crippen LogP contribution in [0.25, 0.3) is 10.9 Å². The number of hydrogen-bond donors (Lipinski definition) is 2. The number of fused-ring (bicyclic) bond motifs is 1. The molecule has 9 nitrogen and oxygen atoms in total. The van der Waals surface area contributed by atoms with E-state index in [1.54, 1.807) is 30.0 Å². The fourth-order valence-corrected chi connectivity index (χ4v) is 3.40. The van der Waals surface area contributed by atoms with Crippen LogP contribution in [0.4, 0.5) is 5.82 Å². The van der Waals surface area contributed by atoms with Gasteiger partial charge in [0.05, 0.1) is 6.54 Å². The third-order valence-corrected chi connectivity index (χ3v) is 4.91. The third-order valence-electron chi connectivity index (χ3n) is 4.91. The smallest absolute Gasteiger partial charge is 0.261 e. The number of hydrogen-bond acceptors (Lipinski definition) is 6. The maximum atomic E-state index is 12.8. The predicted octanol–water partition coefficient (Wildman–Crippen LogP) is 1.22. The minimum absolute atomic E-state index is 0.135. The zero-order chi connectivity index (χ0) is 20.4. The summed E-state index contributed by atoms with van der Waals surface area (Å²) < 4.78 is 4.92. The van der Waals surface area contributed by atoms with E-state index in [-0.39, 0.29) is 23.9 Å². The highest BCUT2D eigenvalue weighted by Crippen LogP contribution is 2.13. The zero-order valence-electron chi connectivity index (χ0n) is 16.0. The Bertz CT molecular complexity index is 1110. The number of rotatable bonds is 4. The molecule has 2 N–H and O–H groups in total. The number of benzene rings is 1. The highest BCUT2D eigenvalue weighted by molar-refractivity contribution is 5.97. The van der Waals surface area contributed by atoms with Crippen molar-refractivity contribution in [1.82, 2.24) is 19.9 Å². The monoisotopic (exact) mass is 395 g/mol. The van der Waals surface area contributed by atoms with Crippen molar-refractivity contribution in [2.24, 2.45) is 0 Å². The van der Waals surface area contributed by atoms with Gasteiger partial charge in [-0.25, -0.2) is 0 Å². The number of H-pyrrole nitrogens is 1. The molecule has 0 spiro atoms. The first-order valence-corrected chi connectivity index (χ1v) is 9.36. The molecule has 0 radical (unpaired) electrons. The lowest BCUT2D eigenvalue weighted by molar-refractivity contribution is -0.117. The minimum Gasteiger partial charge on any atom is -0.360 e. The van der Waals surface area contributed by atoms with Gasteiger partial charge in [-0.1, -0.05) is 23.4 Å². The molecule has 1 fully saturated rings. The molecular weight excluding hydrogens is 374 g/mol. The first-order valence-electron chi connectivity index (χ1n) is 9.36. The molecule has 9 heteroatoms. The number of carbonyl (C=O) groups is 2. The Morgan fingerprint density at radius 2 is 1.93 bits per heavy atom. The number of piperazine rings is 1. The molecule has 0 saturated carbocycles. The number of nitrogens with one attached hydrogen (secondary N) is 2. The number of aromatic amines is 1. The molecule has 1 aliphatic heterocycles. The Morgan fingerprint density at radius 3 is 2.66 bits per heavy atom. The molecule has 3 aromatic rings. The molecule has 2 amide bonds. The molecule has 3 heterocycles. The van der Waals surface area contributed by atoms with Gasteiger partial charge in [0.1, 0.15) is 11.3 Å². The fourth-order valence-electron chi connectivity index (χ4n) is 3.40. The summed E-state index contributed by atoms with van der Waals surface area (Å²) in [6, 6.07) is 10.6. The van der Waals surface area contributed by atoms with Gasteiger partial charge >= 0.3 is 0 Å². The number of aromatic nitrogens is 2. The van der Waals surface area contributed by atoms with E-state index < -0.39 is 5.56 Å². The Morgan fingerprint density at radius 1 is 1.17 bits per heavy atom. The minimum atomic E-state index is -0.390. The van der Waals surface area contributed by atoms with Gasteiger partial charge in [0.2, 0.25) is 5.91 Å². The lowest BCUT2D eigenvalue weighted by Gasteiger charge is -2.34. The van der Waals surface area contributed by atoms with Crippen molar-refractivity contribution in [2.45, 2.75) is 6.92 Å². The predicted molar refractivity (Wildman–Crippen MR) is 107 cm³/mol. The summed E-state index contributed by atoms with van der Waals surface area (Å²) in [6.07, 6.45) is 0. The van der Waals surface area contributed by atoms with Gasteiger partial charge < -0.3 is 19.7 Å². The molecule has 2 aromatic heterocycles. The third kappa shape index (κ3) is 4.19. The number of pyridine rings is 1. The van der Waals surface area contributed by atoms with Crippen molar-refractivity contribution in [3.05, 3.63) is 58.1 Å². The highest BCUT2D eigenvalue weighted by Gasteiger charge is 2.25. The van der Waals surface area contributed by atoms with Crippen molar-refractivity contribution in [3.8, 4) is 0 Å². The van der Waals surface area contributed by atoms with E-state index in [1.165, 1.54) is 0 Å². The lowest BCUT2D eigenvalue weighted by Crippen LogP contribution is -2.51. The number of nitrogens with zero attached hydrogens (tertiary/aromatic N) is 3. The second-order valence-corrected chi connectivity index (χ2v) is 7.04. The Balaban J connectivity index is 1.35. The van der Waals surface area contributed by atoms with E-state index in [1.807, 2.05) is 23.1 Å². The van der Waals surface area contributed by atoms with E-state index in [9.17, 15) is 14.4 Å². The number of amides is 2. The number of carbonyl (C=O) groups excluding carboxylic acids is 2. The van der Waals surface area contributed by atoms with E-state index >= 15 is 0 Å². The van der Waals surface area contributed by atoms with Crippen molar-refractivity contribution in [3.63, 3.8) is 0 Å². The Kier molecular flexibility index (Phi) is 5.13. The standard InChI is InChI=1S/C20H21N5O4/c1-13-10-17(23-29-13)22-18(26)12-24-6-8-25(9-7-24)20(28)15-11-14-4-2-3-5-16(14)21-19(15)27/h2-5,10-11H,6-9,12H2,1H3,(H,21,27)(H,22,23,26). The summed E-state index contributed by atoms with van der Waals surface area (Å²) in [4.78, 5) is 43.6. The maximum absolute atomic E-state index is 12.8. The summed E-state index contributed by atoms with van der Waals surface area (Å²) in [5.41, 5.74) is 0.446. The topological polar surface area (TPSA) is 112 Å². The Labute approximate surface area is 166 Å². The normalized spacial score (nSPS) is 14.9. The van der Waals surface area contributed by atoms with E-state index in [0.29, 0.717) is 43.3 Å². The molecule has 4 rings (SSSR count). The number of aryl methyl sites for hydroxylation is 1. The average molecular weight is 395 g/mol. The van der Waals surface area contributed by atoms with Crippen LogP contribution in [-0.2, 0) is 4.79 Å². The van der Waals surface area contributed by atoms with Crippen LogP contribution in [0.1, 0.15) is 16.1 Å². The second kappa shape index (κ2) is 7.88. The van der Waals surface area contributed by atoms with Crippen molar-refractivity contribution < 1.29 is 14.1 Å². The largest absolute Gasteiger partial charge is 0.360 e. The van der Waals surface area contributed by atoms with Crippen molar-refractivity contribution in [1.29, 1.82) is 0 Å². The van der Waals surface area contributed by atoms with Gasteiger partial charge in [0, 0.05) is 37.8 Å². The van der Waals surface area contributed by atoms with E-state index in [0.717, 1.165) is 5.39 Å². The molecule has 1 saturated heterocycles. The van der Waals surface area contributed by atoms with Crippen molar-refractivity contribution in [2.75, 3.05) is 38.0 Å². The van der Waals surface area contributed by atoms with Crippen molar-refractivity contribution >= 4 is 28.5 Å². The van der Waals surface area contributed by atoms with Gasteiger partial charge in [0.15, 0.2) is 5.82 Å². The maximum Gasteiger partial charge on any atom is 0.261 e. The SMILES string of the molecule is Cc1cc(NC(=O)CN2CCN(C(=O)c3cc4ccccc4[nH]c3=O)CC2)no1. The summed E-state index contributed by atoms with van der Waals surface area (Å²) in [5, 5.41) is 7.23. The zero-order valence-corrected chi connectivity index (χ0v) is 16.0. The summed E-state index contributed by atoms with van der Waals surface area (Å²) in [6.45, 7) is 3.93. The van der Waals surface area contributed by atoms with Gasteiger partial charge in [-0.3, -0.25) is 19.3 Å². The van der Waals surface area contributed by atoms with E-state index in [4.69, 9.17) is 4.52 Å². The van der Waals surface area contributed by atoms with Gasteiger partial charge in [-0.05, 0) is 24.4 Å². The fraction of sp³-hybridized carbons (Fsp3) is 0.300. The number of anilines is 1. The van der Waals surface area contributed by atoms with Gasteiger partial charge in [0.25, 0.3) is 11.5 Å². The molecule has 0 unspecified atom stereocenters. The van der Waals surface area contributed by atoms with Crippen LogP contribution in [0.15, 0.2) is 45.7 Å². The molecule has 1 aromatic carbocycles. The first-order chi connectivity index (χ1) is 14.0. The molecule has 0 aliphatic carbocycles. The van der Waals surface area contributed by atoms with Crippen LogP contribution in [0, 0.1) is 6.92 Å². The van der Waals surface area contributed by atoms with E-state index in [2.05, 4.69) is 15.5 Å². The van der Waals surface area contributed by atoms with Gasteiger partial charge in [-0.15, -0.1) is 0 Å². The molecule has 150 valence electrons. The van der Waals surface area contributed by atoms with Crippen LogP contribution in [-0.4, -0.2) is 64.5 Å². The van der Waals surface area contributed by atoms with Crippen LogP contribution in [0.5, 0.6) is 0 Å². The van der Waals surface area contributed by atoms with Crippen LogP contribution in [0.2, 0.25) is 0 Å². The molecule has 29 heavy (non-hydrogen) atoms. The lowest BCUT2D eigenvalue weighted by atomic mass is 10.1. The van der Waals surface area contributed by atoms with Crippen LogP contribution < -0.4 is 10.9 Å². The summed E-state index contributed by atoms with van der Waals surface area (Å²) in [5.74, 6) is 0.524. The summed E-state index contributed by atoms with van der Waals surface area (Å²) >= 11 is 0. The molecule has 0 atom stereocenters. The summed E-state index contributed by atoms with van der Waals surface area (Å²) in [7, 11) is 0. The number of para-hydroxylation sites is 1. The quantitative estimate of drug-likeness (QED) is 0.687. The molecule has 1 aliphatic rings. The average Bonchev–Trinajstić information content (AvgIpc) is 3.12. The van der Waals surface area contributed by atoms with Crippen LogP contribution >= 0.6 is 0 Å². The second-order valence-electron chi connectivity index (χ2n) is 7.04. The highest BCUT2D eigenvalue weighted by atomic mass is 16.5. The Hall–Kier alpha value is -3.46. The van der Waals surface area contributed by atoms with Gasteiger partial charge in [-0.2, -0.15) is 0 Å². The molecule has 0 bridgehead atoms. The van der Waals surface area contributed by atoms with Crippen LogP contribution in [0.3, 0.4) is 0 Å². The first kappa shape index (κ1) is 18.9. The molecular formula is C20H21N5O4.